The zero-order valence-electron chi connectivity index (χ0n) is 11.4. The number of halogens is 3. The molecule has 0 radical (unpaired) electrons. The number of hydrogen-bond acceptors (Lipinski definition) is 4. The molecule has 1 N–H and O–H groups in total. The van der Waals surface area contributed by atoms with Gasteiger partial charge in [0.05, 0.1) is 24.9 Å². The lowest BCUT2D eigenvalue weighted by Crippen LogP contribution is -2.18. The van der Waals surface area contributed by atoms with Crippen molar-refractivity contribution in [2.24, 2.45) is 0 Å². The molecule has 1 aromatic carbocycles. The second-order valence-electron chi connectivity index (χ2n) is 4.36. The van der Waals surface area contributed by atoms with Crippen LogP contribution >= 0.6 is 0 Å². The van der Waals surface area contributed by atoms with E-state index in [1.165, 1.54) is 18.3 Å². The quantitative estimate of drug-likeness (QED) is 0.833. The van der Waals surface area contributed by atoms with Crippen LogP contribution in [0.2, 0.25) is 0 Å². The first-order chi connectivity index (χ1) is 10.0. The predicted octanol–water partition coefficient (Wildman–Crippen LogP) is 3.10. The zero-order valence-corrected chi connectivity index (χ0v) is 11.4. The number of aromatic nitrogens is 1. The molecule has 21 heavy (non-hydrogen) atoms. The molecule has 2 rings (SSSR count). The highest BCUT2D eigenvalue weighted by Crippen LogP contribution is 2.31. The zero-order chi connectivity index (χ0) is 15.3. The van der Waals surface area contributed by atoms with Gasteiger partial charge in [-0.15, -0.1) is 0 Å². The van der Waals surface area contributed by atoms with Gasteiger partial charge in [-0.05, 0) is 12.1 Å². The van der Waals surface area contributed by atoms with E-state index in [1.54, 1.807) is 7.11 Å². The number of nitrogens with one attached hydrogen (secondary N) is 1. The Morgan fingerprint density at radius 1 is 1.24 bits per heavy atom. The number of rotatable bonds is 6. The summed E-state index contributed by atoms with van der Waals surface area (Å²) in [5.41, 5.74) is -0.133. The highest BCUT2D eigenvalue weighted by molar-refractivity contribution is 5.56. The maximum atomic E-state index is 12.5. The lowest BCUT2D eigenvalue weighted by atomic mass is 10.1. The molecule has 0 fully saturated rings. The van der Waals surface area contributed by atoms with Crippen molar-refractivity contribution in [2.75, 3.05) is 20.3 Å². The van der Waals surface area contributed by atoms with Crippen molar-refractivity contribution in [2.45, 2.75) is 12.7 Å². The molecule has 7 heteroatoms. The molecular weight excluding hydrogens is 285 g/mol. The van der Waals surface area contributed by atoms with Crippen molar-refractivity contribution < 1.29 is 22.3 Å². The van der Waals surface area contributed by atoms with E-state index in [0.29, 0.717) is 36.9 Å². The lowest BCUT2D eigenvalue weighted by molar-refractivity contribution is -0.137. The normalized spacial score (nSPS) is 11.8. The van der Waals surface area contributed by atoms with Gasteiger partial charge in [0.1, 0.15) is 0 Å². The third kappa shape index (κ3) is 4.30. The van der Waals surface area contributed by atoms with Crippen molar-refractivity contribution in [3.8, 4) is 11.3 Å². The fourth-order valence-corrected chi connectivity index (χ4v) is 1.72. The largest absolute Gasteiger partial charge is 0.439 e. The molecule has 0 amide bonds. The Balaban J connectivity index is 2.00. The van der Waals surface area contributed by atoms with Crippen LogP contribution in [0, 0.1) is 0 Å². The van der Waals surface area contributed by atoms with Crippen LogP contribution in [0.3, 0.4) is 0 Å². The summed E-state index contributed by atoms with van der Waals surface area (Å²) in [5, 5.41) is 3.07. The summed E-state index contributed by atoms with van der Waals surface area (Å²) in [4.78, 5) is 4.07. The van der Waals surface area contributed by atoms with E-state index in [-0.39, 0.29) is 0 Å². The van der Waals surface area contributed by atoms with Crippen LogP contribution in [-0.4, -0.2) is 25.2 Å². The van der Waals surface area contributed by atoms with Gasteiger partial charge in [0.2, 0.25) is 5.89 Å². The molecule has 4 nitrogen and oxygen atoms in total. The highest BCUT2D eigenvalue weighted by Gasteiger charge is 2.30. The van der Waals surface area contributed by atoms with E-state index in [0.717, 1.165) is 12.1 Å². The molecule has 1 heterocycles. The van der Waals surface area contributed by atoms with Crippen molar-refractivity contribution in [3.63, 3.8) is 0 Å². The van der Waals surface area contributed by atoms with Crippen molar-refractivity contribution in [3.05, 3.63) is 41.9 Å². The molecule has 0 aliphatic rings. The number of ether oxygens (including phenoxy) is 1. The summed E-state index contributed by atoms with van der Waals surface area (Å²) in [6, 6.07) is 4.78. The molecular formula is C14H15F3N2O2. The van der Waals surface area contributed by atoms with Crippen molar-refractivity contribution in [1.82, 2.24) is 10.3 Å². The summed E-state index contributed by atoms with van der Waals surface area (Å²) >= 11 is 0. The molecule has 0 spiro atoms. The average molecular weight is 300 g/mol. The van der Waals surface area contributed by atoms with E-state index < -0.39 is 11.7 Å². The topological polar surface area (TPSA) is 47.3 Å². The van der Waals surface area contributed by atoms with Gasteiger partial charge in [-0.25, -0.2) is 4.98 Å². The first kappa shape index (κ1) is 15.5. The van der Waals surface area contributed by atoms with Gasteiger partial charge >= 0.3 is 6.18 Å². The Kier molecular flexibility index (Phi) is 4.98. The molecule has 2 aromatic rings. The smallest absolute Gasteiger partial charge is 0.416 e. The van der Waals surface area contributed by atoms with E-state index in [2.05, 4.69) is 10.3 Å². The standard InChI is InChI=1S/C14H15F3N2O2/c1-20-7-6-18-9-13-19-8-12(21-13)10-2-4-11(5-3-10)14(15,16)17/h2-5,8,18H,6-7,9H2,1H3. The second kappa shape index (κ2) is 6.73. The molecule has 0 unspecified atom stereocenters. The van der Waals surface area contributed by atoms with Crippen molar-refractivity contribution in [1.29, 1.82) is 0 Å². The lowest BCUT2D eigenvalue weighted by Gasteiger charge is -2.06. The van der Waals surface area contributed by atoms with Gasteiger partial charge in [-0.1, -0.05) is 12.1 Å². The van der Waals surface area contributed by atoms with Gasteiger partial charge in [0.25, 0.3) is 0 Å². The van der Waals surface area contributed by atoms with Crippen LogP contribution in [0.15, 0.2) is 34.9 Å². The predicted molar refractivity (Wildman–Crippen MR) is 70.5 cm³/mol. The minimum absolute atomic E-state index is 0.435. The SMILES string of the molecule is COCCNCc1ncc(-c2ccc(C(F)(F)F)cc2)o1. The first-order valence-corrected chi connectivity index (χ1v) is 6.32. The third-order valence-electron chi connectivity index (χ3n) is 2.81. The Morgan fingerprint density at radius 2 is 1.95 bits per heavy atom. The number of alkyl halides is 3. The minimum Gasteiger partial charge on any atom is -0.439 e. The molecule has 0 saturated carbocycles. The average Bonchev–Trinajstić information content (AvgIpc) is 2.92. The van der Waals surface area contributed by atoms with Gasteiger partial charge in [0.15, 0.2) is 5.76 Å². The van der Waals surface area contributed by atoms with Crippen molar-refractivity contribution >= 4 is 0 Å². The van der Waals surface area contributed by atoms with Gasteiger partial charge < -0.3 is 14.5 Å². The first-order valence-electron chi connectivity index (χ1n) is 6.32. The van der Waals surface area contributed by atoms with E-state index in [9.17, 15) is 13.2 Å². The Morgan fingerprint density at radius 3 is 2.57 bits per heavy atom. The van der Waals surface area contributed by atoms with Crippen LogP contribution in [0.5, 0.6) is 0 Å². The summed E-state index contributed by atoms with van der Waals surface area (Å²) < 4.78 is 47.8. The number of benzene rings is 1. The van der Waals surface area contributed by atoms with E-state index in [1.807, 2.05) is 0 Å². The van der Waals surface area contributed by atoms with E-state index in [4.69, 9.17) is 9.15 Å². The monoisotopic (exact) mass is 300 g/mol. The third-order valence-corrected chi connectivity index (χ3v) is 2.81. The second-order valence-corrected chi connectivity index (χ2v) is 4.36. The highest BCUT2D eigenvalue weighted by atomic mass is 19.4. The maximum absolute atomic E-state index is 12.5. The number of oxazole rings is 1. The number of hydrogen-bond donors (Lipinski definition) is 1. The van der Waals surface area contributed by atoms with Gasteiger partial charge in [-0.3, -0.25) is 0 Å². The van der Waals surface area contributed by atoms with E-state index >= 15 is 0 Å². The number of methoxy groups -OCH3 is 1. The van der Waals surface area contributed by atoms with Crippen LogP contribution in [-0.2, 0) is 17.5 Å². The molecule has 0 atom stereocenters. The molecule has 0 aliphatic carbocycles. The summed E-state index contributed by atoms with van der Waals surface area (Å²) in [7, 11) is 1.61. The molecule has 0 aliphatic heterocycles. The summed E-state index contributed by atoms with van der Waals surface area (Å²) in [6.45, 7) is 1.67. The number of nitrogens with zero attached hydrogens (tertiary/aromatic N) is 1. The van der Waals surface area contributed by atoms with Crippen LogP contribution in [0.1, 0.15) is 11.5 Å². The molecule has 1 aromatic heterocycles. The Hall–Kier alpha value is -1.86. The summed E-state index contributed by atoms with van der Waals surface area (Å²) in [5.74, 6) is 0.910. The molecule has 114 valence electrons. The fourth-order valence-electron chi connectivity index (χ4n) is 1.72. The maximum Gasteiger partial charge on any atom is 0.416 e. The minimum atomic E-state index is -4.34. The van der Waals surface area contributed by atoms with Gasteiger partial charge in [-0.2, -0.15) is 13.2 Å². The molecule has 0 saturated heterocycles. The van der Waals surface area contributed by atoms with Crippen LogP contribution in [0.25, 0.3) is 11.3 Å². The fraction of sp³-hybridized carbons (Fsp3) is 0.357. The van der Waals surface area contributed by atoms with Crippen LogP contribution in [0.4, 0.5) is 13.2 Å². The Labute approximate surface area is 119 Å². The van der Waals surface area contributed by atoms with Crippen LogP contribution < -0.4 is 5.32 Å². The van der Waals surface area contributed by atoms with Gasteiger partial charge in [0, 0.05) is 19.2 Å². The Bertz CT molecular complexity index is 564. The molecule has 0 bridgehead atoms. The summed E-state index contributed by atoms with van der Waals surface area (Å²) in [6.07, 6.45) is -2.84.